The van der Waals surface area contributed by atoms with E-state index in [0.717, 1.165) is 38.7 Å². The largest absolute Gasteiger partial charge is 0.376 e. The summed E-state index contributed by atoms with van der Waals surface area (Å²) in [6, 6.07) is 10.3. The number of guanidine groups is 1. The lowest BCUT2D eigenvalue weighted by molar-refractivity contribution is 0.0945. The zero-order chi connectivity index (χ0) is 21.6. The molecule has 0 aliphatic carbocycles. The van der Waals surface area contributed by atoms with Gasteiger partial charge in [-0.05, 0) is 30.9 Å². The number of piperazine rings is 1. The third kappa shape index (κ3) is 12.1. The van der Waals surface area contributed by atoms with Gasteiger partial charge in [0.25, 0.3) is 0 Å². The van der Waals surface area contributed by atoms with Crippen molar-refractivity contribution >= 4 is 29.9 Å². The van der Waals surface area contributed by atoms with Crippen LogP contribution in [-0.2, 0) is 11.3 Å². The Morgan fingerprint density at radius 3 is 2.32 bits per heavy atom. The Balaban J connectivity index is 0.00000480. The highest BCUT2D eigenvalue weighted by Crippen LogP contribution is 2.06. The Kier molecular flexibility index (Phi) is 15.2. The summed E-state index contributed by atoms with van der Waals surface area (Å²) < 4.78 is 5.85. The fraction of sp³-hybridized carbons (Fsp3) is 0.708. The highest BCUT2D eigenvalue weighted by atomic mass is 127. The minimum atomic E-state index is 0. The number of rotatable bonds is 12. The molecule has 2 rings (SSSR count). The Labute approximate surface area is 207 Å². The molecule has 0 spiro atoms. The maximum atomic E-state index is 5.85. The molecular weight excluding hydrogens is 501 g/mol. The van der Waals surface area contributed by atoms with E-state index in [1.807, 2.05) is 18.2 Å². The summed E-state index contributed by atoms with van der Waals surface area (Å²) in [6.45, 7) is 19.9. The van der Waals surface area contributed by atoms with E-state index in [-0.39, 0.29) is 24.0 Å². The average molecular weight is 546 g/mol. The molecule has 31 heavy (non-hydrogen) atoms. The molecule has 2 unspecified atom stereocenters. The smallest absolute Gasteiger partial charge is 0.191 e. The number of hydrogen-bond acceptors (Lipinski definition) is 4. The first-order valence-electron chi connectivity index (χ1n) is 11.7. The first kappa shape index (κ1) is 28.1. The van der Waals surface area contributed by atoms with Gasteiger partial charge in [-0.2, -0.15) is 0 Å². The number of ether oxygens (including phenoxy) is 1. The number of aliphatic imine (C=N–C) groups is 1. The van der Waals surface area contributed by atoms with Crippen LogP contribution in [-0.4, -0.2) is 81.3 Å². The van der Waals surface area contributed by atoms with Gasteiger partial charge in [0.1, 0.15) is 0 Å². The van der Waals surface area contributed by atoms with Crippen LogP contribution in [0.1, 0.15) is 33.3 Å². The Bertz CT molecular complexity index is 593. The number of nitrogens with zero attached hydrogens (tertiary/aromatic N) is 3. The monoisotopic (exact) mass is 545 g/mol. The molecule has 7 heteroatoms. The zero-order valence-electron chi connectivity index (χ0n) is 20.0. The van der Waals surface area contributed by atoms with E-state index in [2.05, 4.69) is 60.3 Å². The minimum Gasteiger partial charge on any atom is -0.376 e. The van der Waals surface area contributed by atoms with Crippen LogP contribution >= 0.6 is 24.0 Å². The van der Waals surface area contributed by atoms with Gasteiger partial charge in [0.05, 0.1) is 13.2 Å². The molecule has 1 fully saturated rings. The van der Waals surface area contributed by atoms with Crippen molar-refractivity contribution in [3.05, 3.63) is 35.9 Å². The second kappa shape index (κ2) is 16.7. The first-order valence-corrected chi connectivity index (χ1v) is 11.7. The highest BCUT2D eigenvalue weighted by molar-refractivity contribution is 14.0. The van der Waals surface area contributed by atoms with Crippen molar-refractivity contribution in [2.24, 2.45) is 16.8 Å². The second-order valence-corrected chi connectivity index (χ2v) is 8.55. The molecule has 2 N–H and O–H groups in total. The van der Waals surface area contributed by atoms with Gasteiger partial charge in [-0.15, -0.1) is 24.0 Å². The lowest BCUT2D eigenvalue weighted by atomic mass is 10.1. The van der Waals surface area contributed by atoms with Crippen LogP contribution in [0, 0.1) is 11.8 Å². The quantitative estimate of drug-likeness (QED) is 0.240. The maximum absolute atomic E-state index is 5.85. The Hall–Kier alpha value is -0.900. The maximum Gasteiger partial charge on any atom is 0.191 e. The molecular formula is C24H44IN5O. The highest BCUT2D eigenvalue weighted by Gasteiger charge is 2.17. The molecule has 6 nitrogen and oxygen atoms in total. The number of nitrogens with one attached hydrogen (secondary N) is 2. The molecule has 2 atom stereocenters. The molecule has 0 bridgehead atoms. The molecule has 0 aromatic heterocycles. The van der Waals surface area contributed by atoms with Crippen LogP contribution in [0.3, 0.4) is 0 Å². The predicted octanol–water partition coefficient (Wildman–Crippen LogP) is 3.29. The van der Waals surface area contributed by atoms with Crippen molar-refractivity contribution in [1.29, 1.82) is 0 Å². The van der Waals surface area contributed by atoms with Crippen molar-refractivity contribution in [2.75, 3.05) is 65.5 Å². The van der Waals surface area contributed by atoms with Crippen molar-refractivity contribution in [3.8, 4) is 0 Å². The lowest BCUT2D eigenvalue weighted by Crippen LogP contribution is -2.48. The fourth-order valence-electron chi connectivity index (χ4n) is 3.66. The molecule has 1 aliphatic rings. The molecule has 0 amide bonds. The Morgan fingerprint density at radius 2 is 1.68 bits per heavy atom. The van der Waals surface area contributed by atoms with Crippen molar-refractivity contribution < 1.29 is 4.74 Å². The van der Waals surface area contributed by atoms with Crippen LogP contribution in [0.15, 0.2) is 35.3 Å². The van der Waals surface area contributed by atoms with Gasteiger partial charge in [-0.1, -0.05) is 51.1 Å². The van der Waals surface area contributed by atoms with Crippen LogP contribution < -0.4 is 10.6 Å². The topological polar surface area (TPSA) is 52.1 Å². The molecule has 1 aromatic rings. The third-order valence-electron chi connectivity index (χ3n) is 5.52. The molecule has 1 saturated heterocycles. The standard InChI is InChI=1S/C24H43N5O.HI/c1-5-25-24(26-16-21(3)18-29-14-12-28(6-2)13-15-29)27-17-22(4)19-30-20-23-10-8-7-9-11-23;/h7-11,21-22H,5-6,12-20H2,1-4H3,(H2,25,26,27);1H. The zero-order valence-corrected chi connectivity index (χ0v) is 22.3. The molecule has 1 aromatic carbocycles. The van der Waals surface area contributed by atoms with Gasteiger partial charge < -0.3 is 25.2 Å². The molecule has 178 valence electrons. The van der Waals surface area contributed by atoms with Gasteiger partial charge in [-0.25, -0.2) is 0 Å². The minimum absolute atomic E-state index is 0. The molecule has 0 saturated carbocycles. The Morgan fingerprint density at radius 1 is 1.00 bits per heavy atom. The first-order chi connectivity index (χ1) is 14.6. The second-order valence-electron chi connectivity index (χ2n) is 8.55. The lowest BCUT2D eigenvalue weighted by Gasteiger charge is -2.35. The van der Waals surface area contributed by atoms with E-state index >= 15 is 0 Å². The van der Waals surface area contributed by atoms with E-state index in [1.165, 1.54) is 38.3 Å². The number of likely N-dealkylation sites (N-methyl/N-ethyl adjacent to an activating group) is 1. The van der Waals surface area contributed by atoms with Crippen LogP contribution in [0.2, 0.25) is 0 Å². The summed E-state index contributed by atoms with van der Waals surface area (Å²) in [5.41, 5.74) is 1.22. The molecule has 1 aliphatic heterocycles. The van der Waals surface area contributed by atoms with Crippen LogP contribution in [0.4, 0.5) is 0 Å². The van der Waals surface area contributed by atoms with Gasteiger partial charge >= 0.3 is 0 Å². The van der Waals surface area contributed by atoms with Crippen LogP contribution in [0.25, 0.3) is 0 Å². The van der Waals surface area contributed by atoms with E-state index in [4.69, 9.17) is 9.73 Å². The number of halogens is 1. The van der Waals surface area contributed by atoms with Crippen molar-refractivity contribution in [3.63, 3.8) is 0 Å². The van der Waals surface area contributed by atoms with E-state index in [0.29, 0.717) is 18.4 Å². The van der Waals surface area contributed by atoms with E-state index < -0.39 is 0 Å². The van der Waals surface area contributed by atoms with Gasteiger partial charge in [0, 0.05) is 52.4 Å². The number of hydrogen-bond donors (Lipinski definition) is 2. The predicted molar refractivity (Wildman–Crippen MR) is 142 cm³/mol. The van der Waals surface area contributed by atoms with E-state index in [1.54, 1.807) is 0 Å². The normalized spacial score (nSPS) is 17.6. The summed E-state index contributed by atoms with van der Waals surface area (Å²) in [5.74, 6) is 1.89. The number of benzene rings is 1. The molecule has 0 radical (unpaired) electrons. The van der Waals surface area contributed by atoms with Gasteiger partial charge in [0.15, 0.2) is 5.96 Å². The van der Waals surface area contributed by atoms with E-state index in [9.17, 15) is 0 Å². The van der Waals surface area contributed by atoms with Crippen molar-refractivity contribution in [2.45, 2.75) is 34.3 Å². The summed E-state index contributed by atoms with van der Waals surface area (Å²) >= 11 is 0. The summed E-state index contributed by atoms with van der Waals surface area (Å²) in [7, 11) is 0. The fourth-order valence-corrected chi connectivity index (χ4v) is 3.66. The third-order valence-corrected chi connectivity index (χ3v) is 5.52. The van der Waals surface area contributed by atoms with Gasteiger partial charge in [-0.3, -0.25) is 4.99 Å². The SMILES string of the molecule is CCNC(=NCC(C)COCc1ccccc1)NCC(C)CN1CCN(CC)CC1.I. The summed E-state index contributed by atoms with van der Waals surface area (Å²) in [5, 5.41) is 6.90. The molecule has 1 heterocycles. The summed E-state index contributed by atoms with van der Waals surface area (Å²) in [6.07, 6.45) is 0. The van der Waals surface area contributed by atoms with Crippen molar-refractivity contribution in [1.82, 2.24) is 20.4 Å². The van der Waals surface area contributed by atoms with Crippen LogP contribution in [0.5, 0.6) is 0 Å². The summed E-state index contributed by atoms with van der Waals surface area (Å²) in [4.78, 5) is 9.89. The van der Waals surface area contributed by atoms with Gasteiger partial charge in [0.2, 0.25) is 0 Å². The average Bonchev–Trinajstić information content (AvgIpc) is 2.77.